The van der Waals surface area contributed by atoms with Crippen molar-refractivity contribution in [1.82, 2.24) is 21.3 Å². The van der Waals surface area contributed by atoms with Gasteiger partial charge in [0.15, 0.2) is 0 Å². The molecule has 0 radical (unpaired) electrons. The Balaban J connectivity index is 1.52. The van der Waals surface area contributed by atoms with Crippen molar-refractivity contribution < 1.29 is 28.7 Å². The molecule has 2 fully saturated rings. The summed E-state index contributed by atoms with van der Waals surface area (Å²) in [5.74, 6) is -2.95. The lowest BCUT2D eigenvalue weighted by molar-refractivity contribution is -0.141. The van der Waals surface area contributed by atoms with Gasteiger partial charge in [-0.2, -0.15) is 0 Å². The van der Waals surface area contributed by atoms with E-state index in [0.29, 0.717) is 24.4 Å². The summed E-state index contributed by atoms with van der Waals surface area (Å²) >= 11 is 6.30. The number of ketones is 1. The first-order valence-electron chi connectivity index (χ1n) is 15.7. The fourth-order valence-electron chi connectivity index (χ4n) is 5.56. The minimum absolute atomic E-state index is 0.0106. The van der Waals surface area contributed by atoms with E-state index in [-0.39, 0.29) is 24.8 Å². The van der Waals surface area contributed by atoms with Crippen molar-refractivity contribution in [2.75, 3.05) is 6.54 Å². The Labute approximate surface area is 269 Å². The van der Waals surface area contributed by atoms with Gasteiger partial charge in [-0.1, -0.05) is 87.7 Å². The Kier molecular flexibility index (Phi) is 11.6. The molecule has 2 aromatic carbocycles. The summed E-state index contributed by atoms with van der Waals surface area (Å²) in [4.78, 5) is 65.3. The second-order valence-corrected chi connectivity index (χ2v) is 12.9. The summed E-state index contributed by atoms with van der Waals surface area (Å²) in [7, 11) is 0. The van der Waals surface area contributed by atoms with E-state index >= 15 is 0 Å². The molecule has 1 aliphatic heterocycles. The number of ether oxygens (including phenoxy) is 1. The molecule has 4 atom stereocenters. The van der Waals surface area contributed by atoms with Crippen LogP contribution in [0, 0.1) is 5.92 Å². The summed E-state index contributed by atoms with van der Waals surface area (Å²) in [6, 6.07) is 14.4. The number of hydrogen-bond acceptors (Lipinski definition) is 6. The summed E-state index contributed by atoms with van der Waals surface area (Å²) < 4.78 is 6.06. The molecule has 4 N–H and O–H groups in total. The van der Waals surface area contributed by atoms with Crippen molar-refractivity contribution in [3.8, 4) is 0 Å². The van der Waals surface area contributed by atoms with Gasteiger partial charge in [0.1, 0.15) is 12.1 Å². The zero-order valence-corrected chi connectivity index (χ0v) is 26.8. The molecule has 1 saturated heterocycles. The number of alkyl carbamates (subject to hydrolysis) is 1. The average molecular weight is 639 g/mol. The van der Waals surface area contributed by atoms with E-state index in [1.807, 2.05) is 69.3 Å². The Morgan fingerprint density at radius 1 is 1.00 bits per heavy atom. The highest BCUT2D eigenvalue weighted by Gasteiger charge is 2.39. The number of rotatable bonds is 15. The molecular formula is C34H43ClN4O6. The Bertz CT molecular complexity index is 1380. The lowest BCUT2D eigenvalue weighted by Gasteiger charge is -2.35. The predicted molar refractivity (Wildman–Crippen MR) is 170 cm³/mol. The van der Waals surface area contributed by atoms with E-state index in [0.717, 1.165) is 30.4 Å². The van der Waals surface area contributed by atoms with Crippen molar-refractivity contribution in [2.45, 2.75) is 95.4 Å². The fraction of sp³-hybridized carbons (Fsp3) is 0.500. The molecule has 2 aliphatic rings. The minimum Gasteiger partial charge on any atom is -0.440 e. The van der Waals surface area contributed by atoms with E-state index in [9.17, 15) is 24.0 Å². The van der Waals surface area contributed by atoms with Gasteiger partial charge in [-0.05, 0) is 55.4 Å². The largest absolute Gasteiger partial charge is 0.440 e. The summed E-state index contributed by atoms with van der Waals surface area (Å²) in [5.41, 5.74) is 0.909. The number of unbranched alkanes of at least 4 members (excludes halogenated alkanes) is 1. The van der Waals surface area contributed by atoms with Crippen molar-refractivity contribution >= 4 is 41.2 Å². The number of carbonyl (C=O) groups excluding carboxylic acids is 5. The molecule has 0 spiro atoms. The van der Waals surface area contributed by atoms with Crippen molar-refractivity contribution in [3.05, 3.63) is 70.7 Å². The first kappa shape index (κ1) is 34.0. The van der Waals surface area contributed by atoms with Gasteiger partial charge in [-0.25, -0.2) is 4.79 Å². The van der Waals surface area contributed by atoms with Crippen molar-refractivity contribution in [3.63, 3.8) is 0 Å². The van der Waals surface area contributed by atoms with Gasteiger partial charge in [0, 0.05) is 28.9 Å². The molecule has 1 saturated carbocycles. The Hall–Kier alpha value is -3.92. The SMILES string of the molecule is CCCCC(NC(=O)OC(c1ccccc1)C(C)(C)c1cccc(Cl)c1)C(=O)NC(CC1CCNC1=O)C(=O)C(=O)NC1CC1. The summed E-state index contributed by atoms with van der Waals surface area (Å²) in [5, 5.41) is 11.4. The molecule has 11 heteroatoms. The number of hydrogen-bond donors (Lipinski definition) is 4. The number of Topliss-reactive ketones (excluding diaryl/α,β-unsaturated/α-hetero) is 1. The van der Waals surface area contributed by atoms with Crippen LogP contribution in [0.4, 0.5) is 4.79 Å². The normalized spacial score (nSPS) is 18.2. The van der Waals surface area contributed by atoms with E-state index in [1.54, 1.807) is 6.07 Å². The molecule has 1 aliphatic carbocycles. The van der Waals surface area contributed by atoms with Crippen LogP contribution in [-0.4, -0.2) is 54.3 Å². The van der Waals surface area contributed by atoms with Crippen LogP contribution in [0.3, 0.4) is 0 Å². The first-order valence-corrected chi connectivity index (χ1v) is 16.1. The maximum absolute atomic E-state index is 13.6. The van der Waals surface area contributed by atoms with E-state index in [1.165, 1.54) is 0 Å². The zero-order valence-electron chi connectivity index (χ0n) is 26.1. The summed E-state index contributed by atoms with van der Waals surface area (Å²) in [6.07, 6.45) is 2.18. The molecule has 4 rings (SSSR count). The predicted octanol–water partition coefficient (Wildman–Crippen LogP) is 4.50. The fourth-order valence-corrected chi connectivity index (χ4v) is 5.75. The van der Waals surface area contributed by atoms with Crippen LogP contribution in [0.2, 0.25) is 5.02 Å². The maximum Gasteiger partial charge on any atom is 0.408 e. The van der Waals surface area contributed by atoms with Crippen molar-refractivity contribution in [1.29, 1.82) is 0 Å². The Morgan fingerprint density at radius 2 is 1.73 bits per heavy atom. The highest BCUT2D eigenvalue weighted by molar-refractivity contribution is 6.38. The van der Waals surface area contributed by atoms with E-state index in [2.05, 4.69) is 21.3 Å². The molecule has 2 aromatic rings. The van der Waals surface area contributed by atoms with E-state index in [4.69, 9.17) is 16.3 Å². The quantitative estimate of drug-likeness (QED) is 0.212. The standard InChI is InChI=1S/C34H43ClN4O6/c1-4-5-14-26(31(42)38-27(19-22-17-18-36-30(22)41)28(40)32(43)37-25-15-16-25)39-33(44)45-29(21-10-7-6-8-11-21)34(2,3)23-12-9-13-24(35)20-23/h6-13,20,22,25-27,29H,4-5,14-19H2,1-3H3,(H,36,41)(H,37,43)(H,38,42)(H,39,44). The topological polar surface area (TPSA) is 143 Å². The smallest absolute Gasteiger partial charge is 0.408 e. The van der Waals surface area contributed by atoms with Crippen LogP contribution in [0.15, 0.2) is 54.6 Å². The second-order valence-electron chi connectivity index (χ2n) is 12.5. The second kappa shape index (κ2) is 15.4. The molecule has 4 amide bonds. The highest BCUT2D eigenvalue weighted by Crippen LogP contribution is 2.40. The van der Waals surface area contributed by atoms with Gasteiger partial charge in [0.05, 0.1) is 6.04 Å². The highest BCUT2D eigenvalue weighted by atomic mass is 35.5. The van der Waals surface area contributed by atoms with Crippen molar-refractivity contribution in [2.24, 2.45) is 5.92 Å². The molecule has 0 aromatic heterocycles. The van der Waals surface area contributed by atoms with Crippen LogP contribution in [0.1, 0.15) is 82.9 Å². The zero-order chi connectivity index (χ0) is 32.6. The van der Waals surface area contributed by atoms with Gasteiger partial charge < -0.3 is 26.0 Å². The summed E-state index contributed by atoms with van der Waals surface area (Å²) in [6.45, 7) is 6.33. The van der Waals surface area contributed by atoms with Gasteiger partial charge in [-0.15, -0.1) is 0 Å². The van der Waals surface area contributed by atoms with Crippen LogP contribution in [-0.2, 0) is 29.3 Å². The third kappa shape index (κ3) is 9.29. The number of nitrogens with one attached hydrogen (secondary N) is 4. The molecule has 10 nitrogen and oxygen atoms in total. The van der Waals surface area contributed by atoms with Gasteiger partial charge in [-0.3, -0.25) is 19.2 Å². The third-order valence-electron chi connectivity index (χ3n) is 8.46. The number of benzene rings is 2. The van der Waals surface area contributed by atoms with Crippen LogP contribution < -0.4 is 21.3 Å². The van der Waals surface area contributed by atoms with Gasteiger partial charge in [0.25, 0.3) is 5.91 Å². The minimum atomic E-state index is -1.22. The molecule has 45 heavy (non-hydrogen) atoms. The molecular weight excluding hydrogens is 596 g/mol. The van der Waals surface area contributed by atoms with Gasteiger partial charge in [0.2, 0.25) is 17.6 Å². The lowest BCUT2D eigenvalue weighted by Crippen LogP contribution is -2.55. The number of halogens is 1. The molecule has 0 bridgehead atoms. The van der Waals surface area contributed by atoms with Crippen LogP contribution in [0.5, 0.6) is 0 Å². The number of carbonyl (C=O) groups is 5. The van der Waals surface area contributed by atoms with Crippen LogP contribution in [0.25, 0.3) is 0 Å². The van der Waals surface area contributed by atoms with Crippen LogP contribution >= 0.6 is 11.6 Å². The third-order valence-corrected chi connectivity index (χ3v) is 8.69. The first-order chi connectivity index (χ1) is 21.5. The average Bonchev–Trinajstić information content (AvgIpc) is 3.75. The van der Waals surface area contributed by atoms with E-state index < -0.39 is 53.2 Å². The molecule has 1 heterocycles. The van der Waals surface area contributed by atoms with Gasteiger partial charge >= 0.3 is 6.09 Å². The monoisotopic (exact) mass is 638 g/mol. The maximum atomic E-state index is 13.6. The Morgan fingerprint density at radius 3 is 2.36 bits per heavy atom. The molecule has 4 unspecified atom stereocenters. The number of amides is 4. The lowest BCUT2D eigenvalue weighted by atomic mass is 9.76. The molecule has 242 valence electrons.